The van der Waals surface area contributed by atoms with Crippen LogP contribution in [0.4, 0.5) is 4.79 Å². The molecule has 0 aliphatic carbocycles. The zero-order valence-electron chi connectivity index (χ0n) is 8.83. The molecule has 80 valence electrons. The van der Waals surface area contributed by atoms with E-state index in [0.29, 0.717) is 5.92 Å². The highest BCUT2D eigenvalue weighted by Crippen LogP contribution is 2.16. The van der Waals surface area contributed by atoms with Crippen LogP contribution in [0.2, 0.25) is 0 Å². The molecule has 14 heavy (non-hydrogen) atoms. The number of amides is 2. The Bertz CT molecular complexity index is 207. The molecule has 0 spiro atoms. The molecule has 0 aromatic heterocycles. The first-order valence-corrected chi connectivity index (χ1v) is 5.52. The van der Waals surface area contributed by atoms with Crippen molar-refractivity contribution in [2.75, 3.05) is 39.3 Å². The first-order valence-electron chi connectivity index (χ1n) is 5.52. The third kappa shape index (κ3) is 2.00. The van der Waals surface area contributed by atoms with Gasteiger partial charge in [0.25, 0.3) is 0 Å². The first kappa shape index (κ1) is 9.77. The second-order valence-corrected chi connectivity index (χ2v) is 4.36. The van der Waals surface area contributed by atoms with Gasteiger partial charge in [-0.15, -0.1) is 0 Å². The highest BCUT2D eigenvalue weighted by Gasteiger charge is 2.27. The SMILES string of the molecule is CC1CCN(C(=O)N2CCNCC2)C1. The highest BCUT2D eigenvalue weighted by atomic mass is 16.2. The molecule has 1 unspecified atom stereocenters. The molecule has 2 rings (SSSR count). The smallest absolute Gasteiger partial charge is 0.320 e. The maximum absolute atomic E-state index is 12.0. The van der Waals surface area contributed by atoms with Gasteiger partial charge in [-0.05, 0) is 12.3 Å². The first-order chi connectivity index (χ1) is 6.77. The van der Waals surface area contributed by atoms with Crippen LogP contribution < -0.4 is 5.32 Å². The van der Waals surface area contributed by atoms with E-state index in [1.165, 1.54) is 0 Å². The van der Waals surface area contributed by atoms with Crippen molar-refractivity contribution in [1.82, 2.24) is 15.1 Å². The second-order valence-electron chi connectivity index (χ2n) is 4.36. The minimum absolute atomic E-state index is 0.246. The maximum Gasteiger partial charge on any atom is 0.320 e. The van der Waals surface area contributed by atoms with Gasteiger partial charge in [0.1, 0.15) is 0 Å². The van der Waals surface area contributed by atoms with E-state index in [1.54, 1.807) is 0 Å². The van der Waals surface area contributed by atoms with Gasteiger partial charge in [0, 0.05) is 39.3 Å². The van der Waals surface area contributed by atoms with Crippen molar-refractivity contribution in [2.24, 2.45) is 5.92 Å². The minimum atomic E-state index is 0.246. The van der Waals surface area contributed by atoms with E-state index in [2.05, 4.69) is 12.2 Å². The molecular formula is C10H19N3O. The van der Waals surface area contributed by atoms with Crippen molar-refractivity contribution in [3.63, 3.8) is 0 Å². The Hall–Kier alpha value is -0.770. The number of likely N-dealkylation sites (tertiary alicyclic amines) is 1. The second kappa shape index (κ2) is 4.17. The van der Waals surface area contributed by atoms with Gasteiger partial charge in [0.2, 0.25) is 0 Å². The Balaban J connectivity index is 1.87. The summed E-state index contributed by atoms with van der Waals surface area (Å²) in [5.74, 6) is 0.682. The summed E-state index contributed by atoms with van der Waals surface area (Å²) in [6.07, 6.45) is 1.16. The Labute approximate surface area is 85.2 Å². The monoisotopic (exact) mass is 197 g/mol. The van der Waals surface area contributed by atoms with Gasteiger partial charge >= 0.3 is 6.03 Å². The van der Waals surface area contributed by atoms with Crippen LogP contribution in [0.3, 0.4) is 0 Å². The van der Waals surface area contributed by atoms with Crippen LogP contribution in [0.25, 0.3) is 0 Å². The Morgan fingerprint density at radius 2 is 1.93 bits per heavy atom. The zero-order chi connectivity index (χ0) is 9.97. The fourth-order valence-corrected chi connectivity index (χ4v) is 2.16. The van der Waals surface area contributed by atoms with Gasteiger partial charge in [0.15, 0.2) is 0 Å². The number of hydrogen-bond acceptors (Lipinski definition) is 2. The highest BCUT2D eigenvalue weighted by molar-refractivity contribution is 5.74. The number of hydrogen-bond donors (Lipinski definition) is 1. The van der Waals surface area contributed by atoms with E-state index in [9.17, 15) is 4.79 Å². The van der Waals surface area contributed by atoms with E-state index in [-0.39, 0.29) is 6.03 Å². The van der Waals surface area contributed by atoms with E-state index in [0.717, 1.165) is 45.7 Å². The average Bonchev–Trinajstić information content (AvgIpc) is 2.65. The van der Waals surface area contributed by atoms with Gasteiger partial charge in [-0.25, -0.2) is 4.79 Å². The molecule has 0 bridgehead atoms. The summed E-state index contributed by atoms with van der Waals surface area (Å²) >= 11 is 0. The number of nitrogens with zero attached hydrogens (tertiary/aromatic N) is 2. The van der Waals surface area contributed by atoms with Gasteiger partial charge in [-0.3, -0.25) is 0 Å². The third-order valence-electron chi connectivity index (χ3n) is 3.08. The van der Waals surface area contributed by atoms with Crippen LogP contribution in [-0.4, -0.2) is 55.1 Å². The third-order valence-corrected chi connectivity index (χ3v) is 3.08. The number of carbonyl (C=O) groups is 1. The fraction of sp³-hybridized carbons (Fsp3) is 0.900. The summed E-state index contributed by atoms with van der Waals surface area (Å²) in [5.41, 5.74) is 0. The van der Waals surface area contributed by atoms with E-state index >= 15 is 0 Å². The van der Waals surface area contributed by atoms with E-state index < -0.39 is 0 Å². The van der Waals surface area contributed by atoms with E-state index in [4.69, 9.17) is 0 Å². The van der Waals surface area contributed by atoms with Crippen LogP contribution in [0, 0.1) is 5.92 Å². The van der Waals surface area contributed by atoms with Crippen molar-refractivity contribution in [3.8, 4) is 0 Å². The lowest BCUT2D eigenvalue weighted by Crippen LogP contribution is -2.51. The number of nitrogens with one attached hydrogen (secondary N) is 1. The molecule has 0 radical (unpaired) electrons. The minimum Gasteiger partial charge on any atom is -0.324 e. The summed E-state index contributed by atoms with van der Waals surface area (Å²) in [7, 11) is 0. The standard InChI is InChI=1S/C10H19N3O/c1-9-2-5-13(8-9)10(14)12-6-3-11-4-7-12/h9,11H,2-8H2,1H3. The summed E-state index contributed by atoms with van der Waals surface area (Å²) in [5, 5.41) is 3.26. The molecule has 1 atom stereocenters. The molecule has 2 heterocycles. The predicted octanol–water partition coefficient (Wildman–Crippen LogP) is 0.353. The Morgan fingerprint density at radius 1 is 1.21 bits per heavy atom. The predicted molar refractivity (Wildman–Crippen MR) is 55.2 cm³/mol. The van der Waals surface area contributed by atoms with Crippen molar-refractivity contribution in [2.45, 2.75) is 13.3 Å². The topological polar surface area (TPSA) is 35.6 Å². The molecule has 0 aromatic carbocycles. The molecule has 2 aliphatic rings. The van der Waals surface area contributed by atoms with Gasteiger partial charge < -0.3 is 15.1 Å². The number of carbonyl (C=O) groups excluding carboxylic acids is 1. The lowest BCUT2D eigenvalue weighted by atomic mass is 10.2. The largest absolute Gasteiger partial charge is 0.324 e. The van der Waals surface area contributed by atoms with Crippen molar-refractivity contribution in [3.05, 3.63) is 0 Å². The Kier molecular flexibility index (Phi) is 2.91. The molecule has 4 heteroatoms. The van der Waals surface area contributed by atoms with Gasteiger partial charge in [-0.2, -0.15) is 0 Å². The van der Waals surface area contributed by atoms with Gasteiger partial charge in [0.05, 0.1) is 0 Å². The molecule has 4 nitrogen and oxygen atoms in total. The number of piperazine rings is 1. The van der Waals surface area contributed by atoms with Crippen LogP contribution in [0.5, 0.6) is 0 Å². The zero-order valence-corrected chi connectivity index (χ0v) is 8.83. The molecule has 0 aromatic rings. The molecule has 1 N–H and O–H groups in total. The quantitative estimate of drug-likeness (QED) is 0.608. The maximum atomic E-state index is 12.0. The molecular weight excluding hydrogens is 178 g/mol. The van der Waals surface area contributed by atoms with Gasteiger partial charge in [-0.1, -0.05) is 6.92 Å². The number of rotatable bonds is 0. The number of urea groups is 1. The summed E-state index contributed by atoms with van der Waals surface area (Å²) in [4.78, 5) is 15.9. The average molecular weight is 197 g/mol. The van der Waals surface area contributed by atoms with Crippen molar-refractivity contribution < 1.29 is 4.79 Å². The van der Waals surface area contributed by atoms with Crippen LogP contribution >= 0.6 is 0 Å². The van der Waals surface area contributed by atoms with Crippen LogP contribution in [-0.2, 0) is 0 Å². The van der Waals surface area contributed by atoms with Crippen molar-refractivity contribution in [1.29, 1.82) is 0 Å². The lowest BCUT2D eigenvalue weighted by molar-refractivity contribution is 0.155. The molecule has 2 aliphatic heterocycles. The molecule has 2 fully saturated rings. The summed E-state index contributed by atoms with van der Waals surface area (Å²) < 4.78 is 0. The summed E-state index contributed by atoms with van der Waals surface area (Å²) in [6, 6.07) is 0.246. The van der Waals surface area contributed by atoms with E-state index in [1.807, 2.05) is 9.80 Å². The molecule has 0 saturated carbocycles. The fourth-order valence-electron chi connectivity index (χ4n) is 2.16. The Morgan fingerprint density at radius 3 is 2.50 bits per heavy atom. The van der Waals surface area contributed by atoms with Crippen molar-refractivity contribution >= 4 is 6.03 Å². The normalized spacial score (nSPS) is 28.2. The summed E-state index contributed by atoms with van der Waals surface area (Å²) in [6.45, 7) is 7.72. The van der Waals surface area contributed by atoms with Crippen LogP contribution in [0.1, 0.15) is 13.3 Å². The molecule has 2 saturated heterocycles. The molecule has 2 amide bonds. The van der Waals surface area contributed by atoms with Crippen LogP contribution in [0.15, 0.2) is 0 Å². The lowest BCUT2D eigenvalue weighted by Gasteiger charge is -2.31.